The molecule has 0 saturated carbocycles. The summed E-state index contributed by atoms with van der Waals surface area (Å²) in [6.45, 7) is 3.88. The second-order valence-corrected chi connectivity index (χ2v) is 5.28. The number of piperidine rings is 1. The van der Waals surface area contributed by atoms with Crippen molar-refractivity contribution in [2.45, 2.75) is 31.2 Å². The van der Waals surface area contributed by atoms with Gasteiger partial charge in [-0.25, -0.2) is 4.31 Å². The Kier molecular flexibility index (Phi) is 2.86. The lowest BCUT2D eigenvalue weighted by atomic mass is 9.88. The molecular formula is C10H20N2S. The number of hydrogen-bond donors (Lipinski definition) is 0. The van der Waals surface area contributed by atoms with Gasteiger partial charge >= 0.3 is 0 Å². The normalized spacial score (nSPS) is 37.4. The van der Waals surface area contributed by atoms with Crippen molar-refractivity contribution < 1.29 is 0 Å². The van der Waals surface area contributed by atoms with Gasteiger partial charge in [0.1, 0.15) is 0 Å². The Bertz CT molecular complexity index is 186. The molecule has 2 rings (SSSR count). The predicted octanol–water partition coefficient (Wildman–Crippen LogP) is 1.82. The fourth-order valence-electron chi connectivity index (χ4n) is 2.82. The van der Waals surface area contributed by atoms with Crippen molar-refractivity contribution >= 4 is 11.9 Å². The van der Waals surface area contributed by atoms with E-state index in [1.54, 1.807) is 0 Å². The van der Waals surface area contributed by atoms with Crippen LogP contribution in [0.15, 0.2) is 0 Å². The Hall–Kier alpha value is 0.270. The zero-order valence-electron chi connectivity index (χ0n) is 8.75. The number of nitrogens with zero attached hydrogens (tertiary/aromatic N) is 2. The first-order valence-electron chi connectivity index (χ1n) is 5.27. The molecule has 0 aliphatic carbocycles. The Labute approximate surface area is 85.8 Å². The summed E-state index contributed by atoms with van der Waals surface area (Å²) in [5.41, 5.74) is 0.543. The zero-order valence-corrected chi connectivity index (χ0v) is 9.57. The van der Waals surface area contributed by atoms with Gasteiger partial charge in [-0.1, -0.05) is 11.9 Å². The molecule has 0 N–H and O–H groups in total. The van der Waals surface area contributed by atoms with E-state index in [-0.39, 0.29) is 0 Å². The van der Waals surface area contributed by atoms with Crippen molar-refractivity contribution in [1.29, 1.82) is 0 Å². The van der Waals surface area contributed by atoms with Gasteiger partial charge in [0, 0.05) is 18.6 Å². The first-order valence-corrected chi connectivity index (χ1v) is 6.45. The molecule has 2 aliphatic rings. The highest BCUT2D eigenvalue weighted by Gasteiger charge is 2.41. The largest absolute Gasteiger partial charge is 0.299 e. The third kappa shape index (κ3) is 1.74. The lowest BCUT2D eigenvalue weighted by Crippen LogP contribution is -2.52. The van der Waals surface area contributed by atoms with Crippen molar-refractivity contribution in [1.82, 2.24) is 9.21 Å². The van der Waals surface area contributed by atoms with E-state index in [0.717, 1.165) is 0 Å². The van der Waals surface area contributed by atoms with Crippen LogP contribution in [0.4, 0.5) is 0 Å². The topological polar surface area (TPSA) is 6.48 Å². The summed E-state index contributed by atoms with van der Waals surface area (Å²) in [5, 5.41) is 0. The van der Waals surface area contributed by atoms with Crippen molar-refractivity contribution in [2.75, 3.05) is 32.9 Å². The molecule has 0 radical (unpaired) electrons. The quantitative estimate of drug-likeness (QED) is 0.596. The summed E-state index contributed by atoms with van der Waals surface area (Å²) in [6.07, 6.45) is 7.82. The molecule has 1 atom stereocenters. The van der Waals surface area contributed by atoms with E-state index in [0.29, 0.717) is 5.54 Å². The average Bonchev–Trinajstić information content (AvgIpc) is 2.48. The fraction of sp³-hybridized carbons (Fsp3) is 1.00. The highest BCUT2D eigenvalue weighted by molar-refractivity contribution is 7.96. The van der Waals surface area contributed by atoms with Crippen LogP contribution in [0.2, 0.25) is 0 Å². The third-order valence-electron chi connectivity index (χ3n) is 3.72. The van der Waals surface area contributed by atoms with Crippen LogP contribution in [0.25, 0.3) is 0 Å². The minimum absolute atomic E-state index is 0.543. The van der Waals surface area contributed by atoms with E-state index in [1.807, 2.05) is 11.9 Å². The molecule has 13 heavy (non-hydrogen) atoms. The fourth-order valence-corrected chi connectivity index (χ4v) is 3.50. The molecule has 2 heterocycles. The number of rotatable bonds is 1. The van der Waals surface area contributed by atoms with Crippen LogP contribution in [0.5, 0.6) is 0 Å². The number of likely N-dealkylation sites (tertiary alicyclic amines) is 1. The minimum Gasteiger partial charge on any atom is -0.299 e. The van der Waals surface area contributed by atoms with Gasteiger partial charge in [0.2, 0.25) is 0 Å². The molecule has 76 valence electrons. The van der Waals surface area contributed by atoms with Gasteiger partial charge in [-0.05, 0) is 45.5 Å². The maximum Gasteiger partial charge on any atom is 0.0343 e. The molecule has 2 fully saturated rings. The van der Waals surface area contributed by atoms with Crippen LogP contribution in [0, 0.1) is 0 Å². The molecule has 3 heteroatoms. The van der Waals surface area contributed by atoms with Gasteiger partial charge in [0.15, 0.2) is 0 Å². The van der Waals surface area contributed by atoms with E-state index in [4.69, 9.17) is 0 Å². The third-order valence-corrected chi connectivity index (χ3v) is 4.55. The summed E-state index contributed by atoms with van der Waals surface area (Å²) in [5.74, 6) is 0. The average molecular weight is 200 g/mol. The summed E-state index contributed by atoms with van der Waals surface area (Å²) >= 11 is 1.92. The lowest BCUT2D eigenvalue weighted by molar-refractivity contribution is 0.102. The van der Waals surface area contributed by atoms with Gasteiger partial charge in [0.05, 0.1) is 0 Å². The first-order chi connectivity index (χ1) is 6.27. The molecular weight excluding hydrogens is 180 g/mol. The molecule has 0 bridgehead atoms. The van der Waals surface area contributed by atoms with E-state index < -0.39 is 0 Å². The first kappa shape index (κ1) is 9.81. The monoisotopic (exact) mass is 200 g/mol. The second kappa shape index (κ2) is 3.79. The summed E-state index contributed by atoms with van der Waals surface area (Å²) in [7, 11) is 2.30. The van der Waals surface area contributed by atoms with E-state index >= 15 is 0 Å². The molecule has 1 unspecified atom stereocenters. The maximum atomic E-state index is 2.59. The SMILES string of the molecule is CSN1CCCC2(CCCN2C)C1. The molecule has 2 saturated heterocycles. The van der Waals surface area contributed by atoms with Crippen LogP contribution >= 0.6 is 11.9 Å². The van der Waals surface area contributed by atoms with Crippen LogP contribution in [-0.4, -0.2) is 47.7 Å². The molecule has 2 nitrogen and oxygen atoms in total. The summed E-state index contributed by atoms with van der Waals surface area (Å²) in [4.78, 5) is 2.59. The lowest BCUT2D eigenvalue weighted by Gasteiger charge is -2.43. The Morgan fingerprint density at radius 2 is 1.85 bits per heavy atom. The molecule has 0 amide bonds. The van der Waals surface area contributed by atoms with Crippen molar-refractivity contribution in [3.63, 3.8) is 0 Å². The Morgan fingerprint density at radius 1 is 1.15 bits per heavy atom. The van der Waals surface area contributed by atoms with Crippen molar-refractivity contribution in [3.05, 3.63) is 0 Å². The van der Waals surface area contributed by atoms with Crippen molar-refractivity contribution in [2.24, 2.45) is 0 Å². The molecule has 2 aliphatic heterocycles. The van der Waals surface area contributed by atoms with Crippen LogP contribution in [0.1, 0.15) is 25.7 Å². The van der Waals surface area contributed by atoms with Crippen molar-refractivity contribution in [3.8, 4) is 0 Å². The number of likely N-dealkylation sites (N-methyl/N-ethyl adjacent to an activating group) is 1. The Balaban J connectivity index is 2.04. The van der Waals surface area contributed by atoms with E-state index in [1.165, 1.54) is 45.3 Å². The highest BCUT2D eigenvalue weighted by Crippen LogP contribution is 2.37. The molecule has 1 spiro atoms. The van der Waals surface area contributed by atoms with Crippen LogP contribution in [0.3, 0.4) is 0 Å². The molecule has 0 aromatic rings. The Morgan fingerprint density at radius 3 is 2.46 bits per heavy atom. The summed E-state index contributed by atoms with van der Waals surface area (Å²) in [6, 6.07) is 0. The van der Waals surface area contributed by atoms with Gasteiger partial charge in [-0.15, -0.1) is 0 Å². The van der Waals surface area contributed by atoms with Gasteiger partial charge < -0.3 is 0 Å². The summed E-state index contributed by atoms with van der Waals surface area (Å²) < 4.78 is 2.53. The maximum absolute atomic E-state index is 2.59. The van der Waals surface area contributed by atoms with Gasteiger partial charge in [0.25, 0.3) is 0 Å². The highest BCUT2D eigenvalue weighted by atomic mass is 32.2. The molecule has 0 aromatic carbocycles. The zero-order chi connectivity index (χ0) is 9.31. The standard InChI is InChI=1S/C10H20N2S/c1-11-7-3-5-10(11)6-4-8-12(9-10)13-2/h3-9H2,1-2H3. The second-order valence-electron chi connectivity index (χ2n) is 4.40. The minimum atomic E-state index is 0.543. The number of hydrogen-bond acceptors (Lipinski definition) is 3. The molecule has 0 aromatic heterocycles. The van der Waals surface area contributed by atoms with Gasteiger partial charge in [-0.3, -0.25) is 4.90 Å². The smallest absolute Gasteiger partial charge is 0.0343 e. The predicted molar refractivity (Wildman–Crippen MR) is 58.9 cm³/mol. The van der Waals surface area contributed by atoms with E-state index in [9.17, 15) is 0 Å². The van der Waals surface area contributed by atoms with Crippen LogP contribution in [-0.2, 0) is 0 Å². The van der Waals surface area contributed by atoms with E-state index in [2.05, 4.69) is 22.5 Å². The van der Waals surface area contributed by atoms with Gasteiger partial charge in [-0.2, -0.15) is 0 Å². The van der Waals surface area contributed by atoms with Crippen LogP contribution < -0.4 is 0 Å².